The third-order valence-corrected chi connectivity index (χ3v) is 4.96. The lowest BCUT2D eigenvalue weighted by molar-refractivity contribution is 0.466. The maximum Gasteiger partial charge on any atom is 0.0886 e. The summed E-state index contributed by atoms with van der Waals surface area (Å²) in [7, 11) is 0. The maximum absolute atomic E-state index is 4.47. The van der Waals surface area contributed by atoms with E-state index in [1.807, 2.05) is 16.8 Å². The minimum Gasteiger partial charge on any atom is -0.367 e. The molecule has 0 aliphatic carbocycles. The number of anilines is 1. The molecule has 5 heterocycles. The number of rotatable bonds is 2. The van der Waals surface area contributed by atoms with Crippen LogP contribution in [0.3, 0.4) is 0 Å². The van der Waals surface area contributed by atoms with Gasteiger partial charge in [-0.15, -0.1) is 0 Å². The molecule has 0 saturated carbocycles. The maximum atomic E-state index is 4.47. The van der Waals surface area contributed by atoms with Gasteiger partial charge in [0.05, 0.1) is 23.6 Å². The average molecular weight is 306 g/mol. The van der Waals surface area contributed by atoms with Gasteiger partial charge in [-0.05, 0) is 31.0 Å². The van der Waals surface area contributed by atoms with Gasteiger partial charge < -0.3 is 10.2 Å². The number of nitrogens with zero attached hydrogens (tertiary/aromatic N) is 5. The molecule has 5 rings (SSSR count). The monoisotopic (exact) mass is 306 g/mol. The molecule has 0 amide bonds. The van der Waals surface area contributed by atoms with Crippen molar-refractivity contribution in [3.8, 4) is 11.1 Å². The van der Waals surface area contributed by atoms with E-state index in [4.69, 9.17) is 0 Å². The average Bonchev–Trinajstić information content (AvgIpc) is 3.18. The summed E-state index contributed by atoms with van der Waals surface area (Å²) in [4.78, 5) is 2.50. The summed E-state index contributed by atoms with van der Waals surface area (Å²) in [6.07, 6.45) is 10.0. The Labute approximate surface area is 134 Å². The minimum absolute atomic E-state index is 0.626. The van der Waals surface area contributed by atoms with Crippen LogP contribution in [0, 0.1) is 0 Å². The second kappa shape index (κ2) is 5.03. The highest BCUT2D eigenvalue weighted by Crippen LogP contribution is 2.30. The molecule has 6 heteroatoms. The van der Waals surface area contributed by atoms with Gasteiger partial charge in [0, 0.05) is 48.7 Å². The van der Waals surface area contributed by atoms with E-state index in [1.165, 1.54) is 18.5 Å². The van der Waals surface area contributed by atoms with Crippen molar-refractivity contribution in [2.24, 2.45) is 0 Å². The highest BCUT2D eigenvalue weighted by atomic mass is 15.3. The number of hydrogen-bond donors (Lipinski definition) is 1. The SMILES string of the molecule is c1cc(-c2cc3c(N4CC5CCC(C4)N5)ccnn3c2)cnn1. The number of aromatic nitrogens is 4. The van der Waals surface area contributed by atoms with Gasteiger partial charge in [0.25, 0.3) is 0 Å². The predicted molar refractivity (Wildman–Crippen MR) is 88.4 cm³/mol. The molecule has 2 saturated heterocycles. The molecule has 1 N–H and O–H groups in total. The molecule has 0 aromatic carbocycles. The summed E-state index contributed by atoms with van der Waals surface area (Å²) < 4.78 is 1.97. The molecule has 2 aliphatic rings. The lowest BCUT2D eigenvalue weighted by Gasteiger charge is -2.34. The van der Waals surface area contributed by atoms with Gasteiger partial charge in [0.1, 0.15) is 0 Å². The summed E-state index contributed by atoms with van der Waals surface area (Å²) in [6, 6.07) is 7.56. The molecule has 116 valence electrons. The third kappa shape index (κ3) is 2.17. The Balaban J connectivity index is 1.58. The highest BCUT2D eigenvalue weighted by molar-refractivity contribution is 5.79. The van der Waals surface area contributed by atoms with Crippen LogP contribution >= 0.6 is 0 Å². The number of nitrogens with one attached hydrogen (secondary N) is 1. The zero-order valence-corrected chi connectivity index (χ0v) is 12.8. The van der Waals surface area contributed by atoms with Crippen LogP contribution in [0.25, 0.3) is 16.6 Å². The van der Waals surface area contributed by atoms with E-state index in [0.717, 1.165) is 29.7 Å². The van der Waals surface area contributed by atoms with Crippen molar-refractivity contribution in [1.29, 1.82) is 0 Å². The summed E-state index contributed by atoms with van der Waals surface area (Å²) in [5, 5.41) is 16.0. The van der Waals surface area contributed by atoms with Gasteiger partial charge in [-0.3, -0.25) is 0 Å². The van der Waals surface area contributed by atoms with E-state index in [-0.39, 0.29) is 0 Å². The fourth-order valence-corrected chi connectivity index (χ4v) is 3.88. The fourth-order valence-electron chi connectivity index (χ4n) is 3.88. The molecular weight excluding hydrogens is 288 g/mol. The van der Waals surface area contributed by atoms with Gasteiger partial charge >= 0.3 is 0 Å². The number of hydrogen-bond acceptors (Lipinski definition) is 5. The Hall–Kier alpha value is -2.47. The van der Waals surface area contributed by atoms with Gasteiger partial charge in [-0.2, -0.15) is 15.3 Å². The van der Waals surface area contributed by atoms with Crippen LogP contribution in [-0.2, 0) is 0 Å². The molecule has 2 fully saturated rings. The van der Waals surface area contributed by atoms with E-state index in [9.17, 15) is 0 Å². The van der Waals surface area contributed by atoms with E-state index in [2.05, 4.69) is 43.8 Å². The topological polar surface area (TPSA) is 58.4 Å². The van der Waals surface area contributed by atoms with Crippen molar-refractivity contribution in [3.05, 3.63) is 43.0 Å². The fraction of sp³-hybridized carbons (Fsp3) is 0.353. The van der Waals surface area contributed by atoms with Crippen molar-refractivity contribution in [1.82, 2.24) is 25.1 Å². The van der Waals surface area contributed by atoms with E-state index in [0.29, 0.717) is 12.1 Å². The van der Waals surface area contributed by atoms with Crippen molar-refractivity contribution in [2.75, 3.05) is 18.0 Å². The number of fused-ring (bicyclic) bond motifs is 3. The molecular formula is C17H18N6. The van der Waals surface area contributed by atoms with Crippen LogP contribution < -0.4 is 10.2 Å². The first kappa shape index (κ1) is 13.0. The largest absolute Gasteiger partial charge is 0.367 e. The smallest absolute Gasteiger partial charge is 0.0886 e. The first-order chi connectivity index (χ1) is 11.4. The molecule has 23 heavy (non-hydrogen) atoms. The van der Waals surface area contributed by atoms with Crippen LogP contribution in [0.2, 0.25) is 0 Å². The Kier molecular flexibility index (Phi) is 2.84. The normalized spacial score (nSPS) is 23.6. The van der Waals surface area contributed by atoms with Crippen LogP contribution in [0.15, 0.2) is 43.0 Å². The predicted octanol–water partition coefficient (Wildman–Crippen LogP) is 1.73. The molecule has 2 aliphatic heterocycles. The number of piperazine rings is 1. The molecule has 6 nitrogen and oxygen atoms in total. The van der Waals surface area contributed by atoms with Crippen LogP contribution in [-0.4, -0.2) is 45.0 Å². The van der Waals surface area contributed by atoms with Gasteiger partial charge in [-0.1, -0.05) is 0 Å². The Morgan fingerprint density at radius 2 is 1.87 bits per heavy atom. The van der Waals surface area contributed by atoms with Gasteiger partial charge in [-0.25, -0.2) is 4.52 Å². The highest BCUT2D eigenvalue weighted by Gasteiger charge is 2.32. The second-order valence-corrected chi connectivity index (χ2v) is 6.45. The first-order valence-electron chi connectivity index (χ1n) is 8.12. The van der Waals surface area contributed by atoms with E-state index in [1.54, 1.807) is 12.4 Å². The molecule has 0 spiro atoms. The zero-order chi connectivity index (χ0) is 15.2. The van der Waals surface area contributed by atoms with Crippen LogP contribution in [0.4, 0.5) is 5.69 Å². The second-order valence-electron chi connectivity index (χ2n) is 6.45. The zero-order valence-electron chi connectivity index (χ0n) is 12.8. The van der Waals surface area contributed by atoms with Gasteiger partial charge in [0.15, 0.2) is 0 Å². The third-order valence-electron chi connectivity index (χ3n) is 4.96. The van der Waals surface area contributed by atoms with Gasteiger partial charge in [0.2, 0.25) is 0 Å². The molecule has 3 aromatic heterocycles. The Morgan fingerprint density at radius 3 is 2.65 bits per heavy atom. The summed E-state index contributed by atoms with van der Waals surface area (Å²) in [5.74, 6) is 0. The Morgan fingerprint density at radius 1 is 1.00 bits per heavy atom. The molecule has 2 bridgehead atoms. The van der Waals surface area contributed by atoms with Crippen molar-refractivity contribution >= 4 is 11.2 Å². The summed E-state index contributed by atoms with van der Waals surface area (Å²) in [5.41, 5.74) is 4.61. The first-order valence-corrected chi connectivity index (χ1v) is 8.12. The molecule has 2 atom stereocenters. The summed E-state index contributed by atoms with van der Waals surface area (Å²) >= 11 is 0. The summed E-state index contributed by atoms with van der Waals surface area (Å²) in [6.45, 7) is 2.15. The molecule has 3 aromatic rings. The van der Waals surface area contributed by atoms with Crippen LogP contribution in [0.5, 0.6) is 0 Å². The molecule has 0 radical (unpaired) electrons. The van der Waals surface area contributed by atoms with Crippen LogP contribution in [0.1, 0.15) is 12.8 Å². The van der Waals surface area contributed by atoms with Crippen molar-refractivity contribution in [2.45, 2.75) is 24.9 Å². The molecule has 2 unspecified atom stereocenters. The standard InChI is InChI=1S/C17H18N6/c1-2-15-11-22(10-14(1)21-15)16-4-6-20-23-9-13(7-17(16)23)12-3-5-18-19-8-12/h3-9,14-15,21H,1-2,10-11H2. The Bertz CT molecular complexity index is 831. The quantitative estimate of drug-likeness (QED) is 0.781. The lowest BCUT2D eigenvalue weighted by Crippen LogP contribution is -2.51. The van der Waals surface area contributed by atoms with E-state index >= 15 is 0 Å². The van der Waals surface area contributed by atoms with E-state index < -0.39 is 0 Å². The van der Waals surface area contributed by atoms with Crippen molar-refractivity contribution < 1.29 is 0 Å². The minimum atomic E-state index is 0.626. The van der Waals surface area contributed by atoms with Crippen molar-refractivity contribution in [3.63, 3.8) is 0 Å². The lowest BCUT2D eigenvalue weighted by atomic mass is 10.1.